The molecule has 1 aromatic heterocycles. The van der Waals surface area contributed by atoms with Gasteiger partial charge >= 0.3 is 0 Å². The van der Waals surface area contributed by atoms with E-state index in [0.717, 1.165) is 10.0 Å². The normalized spacial score (nSPS) is 13.5. The Kier molecular flexibility index (Phi) is 4.43. The third-order valence-electron chi connectivity index (χ3n) is 3.55. The van der Waals surface area contributed by atoms with Gasteiger partial charge in [-0.25, -0.2) is 4.39 Å². The fourth-order valence-corrected chi connectivity index (χ4v) is 4.00. The number of benzene rings is 1. The lowest BCUT2D eigenvalue weighted by Crippen LogP contribution is -2.35. The average molecular weight is 342 g/mol. The molecule has 1 aromatic carbocycles. The van der Waals surface area contributed by atoms with Crippen molar-refractivity contribution in [3.8, 4) is 0 Å². The second-order valence-corrected chi connectivity index (χ2v) is 6.72. The molecule has 1 N–H and O–H groups in total. The first kappa shape index (κ1) is 14.7. The molecule has 1 unspecified atom stereocenters. The van der Waals surface area contributed by atoms with E-state index in [1.807, 2.05) is 19.2 Å². The van der Waals surface area contributed by atoms with Crippen LogP contribution in [0.15, 0.2) is 39.5 Å². The van der Waals surface area contributed by atoms with Crippen LogP contribution in [-0.2, 0) is 5.41 Å². The van der Waals surface area contributed by atoms with Gasteiger partial charge in [-0.15, -0.1) is 0 Å². The minimum absolute atomic E-state index is 0.133. The maximum Gasteiger partial charge on any atom is 0.123 e. The van der Waals surface area contributed by atoms with Crippen molar-refractivity contribution in [2.45, 2.75) is 25.3 Å². The zero-order valence-corrected chi connectivity index (χ0v) is 13.6. The zero-order chi connectivity index (χ0) is 14.0. The number of thiophene rings is 1. The zero-order valence-electron chi connectivity index (χ0n) is 11.2. The first-order chi connectivity index (χ1) is 8.96. The summed E-state index contributed by atoms with van der Waals surface area (Å²) in [5.41, 5.74) is 2.22. The molecule has 0 radical (unpaired) electrons. The molecule has 0 amide bonds. The second kappa shape index (κ2) is 5.73. The van der Waals surface area contributed by atoms with Crippen molar-refractivity contribution in [1.82, 2.24) is 5.32 Å². The van der Waals surface area contributed by atoms with Crippen LogP contribution in [0, 0.1) is 5.82 Å². The Morgan fingerprint density at radius 1 is 1.21 bits per heavy atom. The van der Waals surface area contributed by atoms with Gasteiger partial charge in [-0.1, -0.05) is 26.0 Å². The van der Waals surface area contributed by atoms with Crippen LogP contribution in [0.3, 0.4) is 0 Å². The lowest BCUT2D eigenvalue weighted by atomic mass is 9.75. The van der Waals surface area contributed by atoms with Crippen LogP contribution in [-0.4, -0.2) is 7.05 Å². The second-order valence-electron chi connectivity index (χ2n) is 5.13. The summed E-state index contributed by atoms with van der Waals surface area (Å²) in [6.07, 6.45) is 0. The van der Waals surface area contributed by atoms with Crippen LogP contribution in [0.4, 0.5) is 4.39 Å². The smallest absolute Gasteiger partial charge is 0.123 e. The van der Waals surface area contributed by atoms with Gasteiger partial charge in [-0.3, -0.25) is 0 Å². The van der Waals surface area contributed by atoms with Crippen LogP contribution in [0.1, 0.15) is 31.0 Å². The van der Waals surface area contributed by atoms with Crippen molar-refractivity contribution < 1.29 is 4.39 Å². The van der Waals surface area contributed by atoms with E-state index in [-0.39, 0.29) is 17.3 Å². The minimum atomic E-state index is -0.197. The molecule has 0 aliphatic rings. The number of nitrogens with one attached hydrogen (secondary N) is 1. The molecule has 0 bridgehead atoms. The first-order valence-corrected chi connectivity index (χ1v) is 7.85. The van der Waals surface area contributed by atoms with Gasteiger partial charge in [-0.2, -0.15) is 11.3 Å². The van der Waals surface area contributed by atoms with Crippen molar-refractivity contribution in [1.29, 1.82) is 0 Å². The molecule has 0 saturated carbocycles. The summed E-state index contributed by atoms with van der Waals surface area (Å²) >= 11 is 5.27. The predicted molar refractivity (Wildman–Crippen MR) is 83.2 cm³/mol. The largest absolute Gasteiger partial charge is 0.312 e. The Morgan fingerprint density at radius 2 is 1.84 bits per heavy atom. The highest BCUT2D eigenvalue weighted by molar-refractivity contribution is 9.10. The topological polar surface area (TPSA) is 12.0 Å². The van der Waals surface area contributed by atoms with E-state index in [0.29, 0.717) is 0 Å². The third-order valence-corrected chi connectivity index (χ3v) is 5.30. The van der Waals surface area contributed by atoms with Crippen LogP contribution in [0.25, 0.3) is 0 Å². The highest BCUT2D eigenvalue weighted by Gasteiger charge is 2.32. The minimum Gasteiger partial charge on any atom is -0.312 e. The first-order valence-electron chi connectivity index (χ1n) is 6.11. The molecular formula is C15H17BrFNS. The molecule has 2 rings (SSSR count). The summed E-state index contributed by atoms with van der Waals surface area (Å²) in [4.78, 5) is 0. The van der Waals surface area contributed by atoms with Gasteiger partial charge in [0.2, 0.25) is 0 Å². The van der Waals surface area contributed by atoms with Crippen LogP contribution in [0.5, 0.6) is 0 Å². The fraction of sp³-hybridized carbons (Fsp3) is 0.333. The Bertz CT molecular complexity index is 548. The van der Waals surface area contributed by atoms with Crippen molar-refractivity contribution in [2.24, 2.45) is 0 Å². The SMILES string of the molecule is CNC(c1cscc1Br)C(C)(C)c1ccc(F)cc1. The highest BCUT2D eigenvalue weighted by atomic mass is 79.9. The molecule has 102 valence electrons. The van der Waals surface area contributed by atoms with Crippen LogP contribution < -0.4 is 5.32 Å². The van der Waals surface area contributed by atoms with Crippen molar-refractivity contribution in [2.75, 3.05) is 7.05 Å². The van der Waals surface area contributed by atoms with Crippen molar-refractivity contribution in [3.05, 3.63) is 56.4 Å². The quantitative estimate of drug-likeness (QED) is 0.834. The van der Waals surface area contributed by atoms with E-state index < -0.39 is 0 Å². The molecular weight excluding hydrogens is 325 g/mol. The Morgan fingerprint density at radius 3 is 2.32 bits per heavy atom. The molecule has 19 heavy (non-hydrogen) atoms. The number of hydrogen-bond donors (Lipinski definition) is 1. The van der Waals surface area contributed by atoms with Crippen LogP contribution in [0.2, 0.25) is 0 Å². The van der Waals surface area contributed by atoms with E-state index in [4.69, 9.17) is 0 Å². The van der Waals surface area contributed by atoms with E-state index in [2.05, 4.69) is 45.9 Å². The summed E-state index contributed by atoms with van der Waals surface area (Å²) in [6, 6.07) is 6.93. The number of rotatable bonds is 4. The van der Waals surface area contributed by atoms with Gasteiger partial charge in [0.25, 0.3) is 0 Å². The van der Waals surface area contributed by atoms with E-state index >= 15 is 0 Å². The molecule has 2 aromatic rings. The number of hydrogen-bond acceptors (Lipinski definition) is 2. The van der Waals surface area contributed by atoms with Crippen molar-refractivity contribution >= 4 is 27.3 Å². The molecule has 0 aliphatic carbocycles. The summed E-state index contributed by atoms with van der Waals surface area (Å²) in [5.74, 6) is -0.197. The molecule has 4 heteroatoms. The lowest BCUT2D eigenvalue weighted by molar-refractivity contribution is 0.368. The van der Waals surface area contributed by atoms with Gasteiger partial charge in [0.05, 0.1) is 0 Å². The van der Waals surface area contributed by atoms with Gasteiger partial charge in [0.15, 0.2) is 0 Å². The molecule has 0 spiro atoms. The number of halogens is 2. The van der Waals surface area contributed by atoms with Crippen molar-refractivity contribution in [3.63, 3.8) is 0 Å². The summed E-state index contributed by atoms with van der Waals surface area (Å²) in [7, 11) is 1.96. The third kappa shape index (κ3) is 2.91. The average Bonchev–Trinajstić information content (AvgIpc) is 2.77. The summed E-state index contributed by atoms with van der Waals surface area (Å²) in [6.45, 7) is 4.34. The maximum absolute atomic E-state index is 13.1. The Labute approximate surface area is 126 Å². The molecule has 1 atom stereocenters. The molecule has 0 saturated heterocycles. The van der Waals surface area contributed by atoms with Gasteiger partial charge < -0.3 is 5.32 Å². The van der Waals surface area contributed by atoms with Gasteiger partial charge in [-0.05, 0) is 51.6 Å². The summed E-state index contributed by atoms with van der Waals surface area (Å²) < 4.78 is 14.2. The predicted octanol–water partition coefficient (Wildman–Crippen LogP) is 4.89. The monoisotopic (exact) mass is 341 g/mol. The summed E-state index contributed by atoms with van der Waals surface area (Å²) in [5, 5.41) is 7.61. The highest BCUT2D eigenvalue weighted by Crippen LogP contribution is 2.40. The van der Waals surface area contributed by atoms with E-state index in [1.54, 1.807) is 11.3 Å². The Hall–Kier alpha value is -0.710. The molecule has 0 fully saturated rings. The maximum atomic E-state index is 13.1. The van der Waals surface area contributed by atoms with E-state index in [1.165, 1.54) is 17.7 Å². The van der Waals surface area contributed by atoms with E-state index in [9.17, 15) is 4.39 Å². The number of likely N-dealkylation sites (N-methyl/N-ethyl adjacent to an activating group) is 1. The molecule has 0 aliphatic heterocycles. The van der Waals surface area contributed by atoms with Gasteiger partial charge in [0.1, 0.15) is 5.82 Å². The standard InChI is InChI=1S/C15H17BrFNS/c1-15(2,10-4-6-11(17)7-5-10)14(18-3)12-8-19-9-13(12)16/h4-9,14,18H,1-3H3. The Balaban J connectivity index is 2.41. The molecule has 1 heterocycles. The van der Waals surface area contributed by atoms with Crippen LogP contribution >= 0.6 is 27.3 Å². The van der Waals surface area contributed by atoms with Gasteiger partial charge in [0, 0.05) is 21.3 Å². The molecule has 1 nitrogen and oxygen atoms in total. The fourth-order valence-electron chi connectivity index (χ4n) is 2.45. The lowest BCUT2D eigenvalue weighted by Gasteiger charge is -2.35.